The Balaban J connectivity index is 1.71. The fourth-order valence-electron chi connectivity index (χ4n) is 4.35. The zero-order valence-corrected chi connectivity index (χ0v) is 21.1. The molecule has 36 heavy (non-hydrogen) atoms. The highest BCUT2D eigenvalue weighted by atomic mass is 32.2. The van der Waals surface area contributed by atoms with Gasteiger partial charge in [0.1, 0.15) is 22.7 Å². The number of amides is 1. The van der Waals surface area contributed by atoms with Crippen molar-refractivity contribution in [3.05, 3.63) is 36.6 Å². The normalized spacial score (nSPS) is 19.8. The van der Waals surface area contributed by atoms with E-state index in [0.29, 0.717) is 29.4 Å². The van der Waals surface area contributed by atoms with Gasteiger partial charge in [-0.05, 0) is 37.6 Å². The minimum atomic E-state index is -4.04. The van der Waals surface area contributed by atoms with E-state index in [0.717, 1.165) is 0 Å². The number of hydrogen-bond donors (Lipinski definition) is 1. The SMILES string of the molecule is COc1cccc(OC)c1-n1c(NS(=O)(=O)CCN2C(=O)[C@@H](C)C[C@@]2(C)C#N)nnc1-c1ccco1. The van der Waals surface area contributed by atoms with Crippen LogP contribution in [-0.4, -0.2) is 66.0 Å². The number of ether oxygens (including phenoxy) is 2. The van der Waals surface area contributed by atoms with E-state index in [1.807, 2.05) is 0 Å². The molecule has 2 aromatic heterocycles. The third-order valence-corrected chi connectivity index (χ3v) is 7.30. The van der Waals surface area contributed by atoms with E-state index < -0.39 is 21.3 Å². The molecular weight excluding hydrogens is 488 g/mol. The number of hydrogen-bond acceptors (Lipinski definition) is 9. The van der Waals surface area contributed by atoms with Crippen molar-refractivity contribution in [1.82, 2.24) is 19.7 Å². The number of benzene rings is 1. The van der Waals surface area contributed by atoms with Crippen molar-refractivity contribution in [3.63, 3.8) is 0 Å². The maximum atomic E-state index is 13.1. The predicted octanol–water partition coefficient (Wildman–Crippen LogP) is 2.44. The number of carbonyl (C=O) groups excluding carboxylic acids is 1. The summed E-state index contributed by atoms with van der Waals surface area (Å²) in [6.45, 7) is 3.21. The van der Waals surface area contributed by atoms with Gasteiger partial charge in [0.15, 0.2) is 5.76 Å². The first-order valence-electron chi connectivity index (χ1n) is 11.1. The fraction of sp³-hybridized carbons (Fsp3) is 0.391. The summed E-state index contributed by atoms with van der Waals surface area (Å²) < 4.78 is 46.6. The Morgan fingerprint density at radius 3 is 2.50 bits per heavy atom. The van der Waals surface area contributed by atoms with E-state index in [9.17, 15) is 18.5 Å². The first-order valence-corrected chi connectivity index (χ1v) is 12.7. The number of carbonyl (C=O) groups is 1. The lowest BCUT2D eigenvalue weighted by Crippen LogP contribution is -2.45. The summed E-state index contributed by atoms with van der Waals surface area (Å²) in [4.78, 5) is 13.9. The minimum absolute atomic E-state index is 0.131. The molecule has 0 unspecified atom stereocenters. The number of para-hydroxylation sites is 1. The van der Waals surface area contributed by atoms with Crippen LogP contribution in [0.15, 0.2) is 41.0 Å². The zero-order valence-electron chi connectivity index (χ0n) is 20.3. The van der Waals surface area contributed by atoms with Crippen LogP contribution in [0.25, 0.3) is 17.3 Å². The number of nitriles is 1. The Morgan fingerprint density at radius 2 is 1.92 bits per heavy atom. The number of nitrogens with zero attached hydrogens (tertiary/aromatic N) is 5. The van der Waals surface area contributed by atoms with E-state index >= 15 is 0 Å². The number of nitrogens with one attached hydrogen (secondary N) is 1. The predicted molar refractivity (Wildman–Crippen MR) is 129 cm³/mol. The van der Waals surface area contributed by atoms with Crippen LogP contribution < -0.4 is 14.2 Å². The van der Waals surface area contributed by atoms with Gasteiger partial charge >= 0.3 is 0 Å². The molecule has 0 spiro atoms. The Morgan fingerprint density at radius 1 is 1.22 bits per heavy atom. The molecule has 1 saturated heterocycles. The van der Waals surface area contributed by atoms with Crippen molar-refractivity contribution in [3.8, 4) is 34.8 Å². The van der Waals surface area contributed by atoms with Crippen LogP contribution in [0.1, 0.15) is 20.3 Å². The summed E-state index contributed by atoms with van der Waals surface area (Å²) in [6, 6.07) is 10.6. The van der Waals surface area contributed by atoms with Gasteiger partial charge in [0.2, 0.25) is 27.7 Å². The molecule has 3 aromatic rings. The van der Waals surface area contributed by atoms with Crippen LogP contribution in [0, 0.1) is 17.2 Å². The average Bonchev–Trinajstić information content (AvgIpc) is 3.57. The van der Waals surface area contributed by atoms with E-state index in [1.165, 1.54) is 29.9 Å². The molecule has 0 saturated carbocycles. The van der Waals surface area contributed by atoms with Crippen molar-refractivity contribution >= 4 is 21.9 Å². The number of furan rings is 1. The highest BCUT2D eigenvalue weighted by Crippen LogP contribution is 2.38. The molecule has 1 aliphatic rings. The molecule has 13 heteroatoms. The average molecular weight is 515 g/mol. The quantitative estimate of drug-likeness (QED) is 0.454. The smallest absolute Gasteiger partial charge is 0.243 e. The Bertz CT molecular complexity index is 1390. The van der Waals surface area contributed by atoms with E-state index in [1.54, 1.807) is 44.2 Å². The lowest BCUT2D eigenvalue weighted by Gasteiger charge is -2.28. The first kappa shape index (κ1) is 25.1. The third kappa shape index (κ3) is 4.47. The van der Waals surface area contributed by atoms with Crippen LogP contribution >= 0.6 is 0 Å². The van der Waals surface area contributed by atoms with Crippen molar-refractivity contribution < 1.29 is 27.1 Å². The van der Waals surface area contributed by atoms with Gasteiger partial charge in [-0.1, -0.05) is 13.0 Å². The number of methoxy groups -OCH3 is 2. The molecule has 4 rings (SSSR count). The van der Waals surface area contributed by atoms with Crippen LogP contribution in [-0.2, 0) is 14.8 Å². The van der Waals surface area contributed by atoms with Crippen LogP contribution in [0.4, 0.5) is 5.95 Å². The summed E-state index contributed by atoms with van der Waals surface area (Å²) >= 11 is 0. The number of likely N-dealkylation sites (tertiary alicyclic amines) is 1. The number of anilines is 1. The summed E-state index contributed by atoms with van der Waals surface area (Å²) in [5.41, 5.74) is -0.708. The van der Waals surface area contributed by atoms with Crippen molar-refractivity contribution in [2.45, 2.75) is 25.8 Å². The largest absolute Gasteiger partial charge is 0.494 e. The summed E-state index contributed by atoms with van der Waals surface area (Å²) in [5.74, 6) is 0.109. The molecule has 0 aliphatic carbocycles. The van der Waals surface area contributed by atoms with E-state index in [-0.39, 0.29) is 30.1 Å². The van der Waals surface area contributed by atoms with E-state index in [4.69, 9.17) is 13.9 Å². The van der Waals surface area contributed by atoms with Gasteiger partial charge in [0, 0.05) is 12.5 Å². The molecule has 1 N–H and O–H groups in total. The summed E-state index contributed by atoms with van der Waals surface area (Å²) in [7, 11) is -1.09. The van der Waals surface area contributed by atoms with Crippen LogP contribution in [0.5, 0.6) is 11.5 Å². The lowest BCUT2D eigenvalue weighted by atomic mass is 9.97. The maximum Gasteiger partial charge on any atom is 0.243 e. The van der Waals surface area contributed by atoms with Gasteiger partial charge in [-0.25, -0.2) is 8.42 Å². The number of rotatable bonds is 9. The summed E-state index contributed by atoms with van der Waals surface area (Å²) in [5, 5.41) is 17.8. The fourth-order valence-corrected chi connectivity index (χ4v) is 5.28. The minimum Gasteiger partial charge on any atom is -0.494 e. The standard InChI is InChI=1S/C23H26N6O6S/c1-15-13-23(2,14-24)28(21(15)30)10-12-36(31,32)27-22-26-25-20(18-9-6-11-35-18)29(22)19-16(33-3)7-5-8-17(19)34-4/h5-9,11,15H,10,12-13H2,1-4H3,(H,26,27)/t15-,23-/m0/s1. The van der Waals surface area contributed by atoms with Gasteiger partial charge in [0.25, 0.3) is 0 Å². The molecule has 3 heterocycles. The Hall–Kier alpha value is -4.05. The molecule has 1 aliphatic heterocycles. The van der Waals surface area contributed by atoms with Gasteiger partial charge in [-0.15, -0.1) is 10.2 Å². The molecule has 0 radical (unpaired) electrons. The van der Waals surface area contributed by atoms with Crippen molar-refractivity contribution in [1.29, 1.82) is 5.26 Å². The first-order chi connectivity index (χ1) is 17.1. The molecule has 1 amide bonds. The Kier molecular flexibility index (Phi) is 6.64. The number of aromatic nitrogens is 3. The lowest BCUT2D eigenvalue weighted by molar-refractivity contribution is -0.132. The van der Waals surface area contributed by atoms with Gasteiger partial charge in [-0.3, -0.25) is 14.1 Å². The monoisotopic (exact) mass is 514 g/mol. The molecule has 2 atom stereocenters. The summed E-state index contributed by atoms with van der Waals surface area (Å²) in [6.07, 6.45) is 1.79. The highest BCUT2D eigenvalue weighted by molar-refractivity contribution is 7.92. The maximum absolute atomic E-state index is 13.1. The van der Waals surface area contributed by atoms with Crippen molar-refractivity contribution in [2.24, 2.45) is 5.92 Å². The number of sulfonamides is 1. The van der Waals surface area contributed by atoms with Crippen molar-refractivity contribution in [2.75, 3.05) is 31.2 Å². The van der Waals surface area contributed by atoms with Gasteiger partial charge < -0.3 is 18.8 Å². The molecule has 12 nitrogen and oxygen atoms in total. The van der Waals surface area contributed by atoms with Gasteiger partial charge in [-0.2, -0.15) is 5.26 Å². The second-order valence-corrected chi connectivity index (χ2v) is 10.4. The van der Waals surface area contributed by atoms with E-state index in [2.05, 4.69) is 21.0 Å². The second kappa shape index (κ2) is 9.54. The molecular formula is C23H26N6O6S. The topological polar surface area (TPSA) is 153 Å². The third-order valence-electron chi connectivity index (χ3n) is 6.09. The molecule has 1 fully saturated rings. The molecule has 0 bridgehead atoms. The zero-order chi connectivity index (χ0) is 26.1. The second-order valence-electron chi connectivity index (χ2n) is 8.57. The van der Waals surface area contributed by atoms with Gasteiger partial charge in [0.05, 0.1) is 32.3 Å². The van der Waals surface area contributed by atoms with Crippen LogP contribution in [0.3, 0.4) is 0 Å². The Labute approximate surface area is 208 Å². The molecule has 1 aromatic carbocycles. The highest BCUT2D eigenvalue weighted by Gasteiger charge is 2.46. The van der Waals surface area contributed by atoms with Crippen LogP contribution in [0.2, 0.25) is 0 Å². The molecule has 190 valence electrons.